The van der Waals surface area contributed by atoms with Gasteiger partial charge in [0.2, 0.25) is 5.91 Å². The van der Waals surface area contributed by atoms with Crippen LogP contribution in [0, 0.1) is 12.3 Å². The fourth-order valence-corrected chi connectivity index (χ4v) is 1.28. The van der Waals surface area contributed by atoms with Crippen molar-refractivity contribution in [1.29, 1.82) is 0 Å². The molecule has 0 saturated carbocycles. The van der Waals surface area contributed by atoms with Crippen molar-refractivity contribution in [2.45, 2.75) is 38.8 Å². The number of hydrogen-bond acceptors (Lipinski definition) is 3. The number of terminal acetylenes is 1. The van der Waals surface area contributed by atoms with E-state index in [1.165, 1.54) is 13.1 Å². The molecule has 0 saturated heterocycles. The van der Waals surface area contributed by atoms with Gasteiger partial charge in [0.15, 0.2) is 0 Å². The second-order valence-corrected chi connectivity index (χ2v) is 4.76. The standard InChI is InChI=1S/C14H19ClN2O3/c1-4-13(19)17-11(3)14(20)16-9-5-6-12(18)8-7-10(2)15/h1,5,7,9,11-12,18H,6,8H2,2-3H3,(H,16,20)(H,17,19)/b9-5-,10-7+/t11-,12+/m0/s1. The Bertz CT molecular complexity index is 434. The third kappa shape index (κ3) is 9.20. The van der Waals surface area contributed by atoms with Crippen molar-refractivity contribution in [2.24, 2.45) is 0 Å². The van der Waals surface area contributed by atoms with Crippen LogP contribution in [-0.2, 0) is 9.59 Å². The van der Waals surface area contributed by atoms with E-state index in [1.54, 1.807) is 19.1 Å². The molecule has 3 N–H and O–H groups in total. The van der Waals surface area contributed by atoms with Gasteiger partial charge in [0.05, 0.1) is 6.10 Å². The second-order valence-electron chi connectivity index (χ2n) is 4.17. The van der Waals surface area contributed by atoms with Crippen LogP contribution in [0.4, 0.5) is 0 Å². The zero-order valence-electron chi connectivity index (χ0n) is 11.5. The van der Waals surface area contributed by atoms with E-state index in [2.05, 4.69) is 10.6 Å². The predicted molar refractivity (Wildman–Crippen MR) is 78.6 cm³/mol. The van der Waals surface area contributed by atoms with Gasteiger partial charge in [-0.15, -0.1) is 6.42 Å². The maximum absolute atomic E-state index is 11.5. The summed E-state index contributed by atoms with van der Waals surface area (Å²) in [5.74, 6) is 0.823. The molecule has 0 aromatic rings. The summed E-state index contributed by atoms with van der Waals surface area (Å²) in [6, 6.07) is -0.727. The summed E-state index contributed by atoms with van der Waals surface area (Å²) in [7, 11) is 0. The molecule has 0 radical (unpaired) electrons. The monoisotopic (exact) mass is 298 g/mol. The summed E-state index contributed by atoms with van der Waals surface area (Å²) in [5.41, 5.74) is 0. The van der Waals surface area contributed by atoms with Gasteiger partial charge in [0.1, 0.15) is 6.04 Å². The Kier molecular flexibility index (Phi) is 9.18. The maximum atomic E-state index is 11.5. The molecule has 0 heterocycles. The highest BCUT2D eigenvalue weighted by Gasteiger charge is 2.12. The molecular formula is C14H19ClN2O3. The number of allylic oxidation sites excluding steroid dienone is 1. The SMILES string of the molecule is C#CC(=O)N[C@@H](C)C(=O)N/C=C\C[C@@H](O)C/C=C(\C)Cl. The molecule has 20 heavy (non-hydrogen) atoms. The third-order valence-corrected chi connectivity index (χ3v) is 2.45. The molecule has 0 aromatic carbocycles. The van der Waals surface area contributed by atoms with Crippen LogP contribution in [0.3, 0.4) is 0 Å². The number of aliphatic hydroxyl groups is 1. The van der Waals surface area contributed by atoms with Gasteiger partial charge in [0, 0.05) is 5.03 Å². The number of halogens is 1. The maximum Gasteiger partial charge on any atom is 0.296 e. The molecule has 0 unspecified atom stereocenters. The molecule has 2 amide bonds. The van der Waals surface area contributed by atoms with Gasteiger partial charge >= 0.3 is 0 Å². The lowest BCUT2D eigenvalue weighted by Gasteiger charge is -2.10. The molecule has 0 spiro atoms. The summed E-state index contributed by atoms with van der Waals surface area (Å²) >= 11 is 5.64. The Morgan fingerprint density at radius 2 is 2.10 bits per heavy atom. The van der Waals surface area contributed by atoms with Crippen molar-refractivity contribution < 1.29 is 14.7 Å². The lowest BCUT2D eigenvalue weighted by Crippen LogP contribution is -2.42. The van der Waals surface area contributed by atoms with E-state index < -0.39 is 24.0 Å². The smallest absolute Gasteiger partial charge is 0.296 e. The Morgan fingerprint density at radius 1 is 1.45 bits per heavy atom. The van der Waals surface area contributed by atoms with Crippen LogP contribution in [0.15, 0.2) is 23.4 Å². The number of aliphatic hydroxyl groups excluding tert-OH is 1. The van der Waals surface area contributed by atoms with Crippen LogP contribution >= 0.6 is 11.6 Å². The summed E-state index contributed by atoms with van der Waals surface area (Å²) < 4.78 is 0. The second kappa shape index (κ2) is 10.1. The predicted octanol–water partition coefficient (Wildman–Crippen LogP) is 1.04. The van der Waals surface area contributed by atoms with Gasteiger partial charge in [-0.25, -0.2) is 0 Å². The molecule has 0 fully saturated rings. The normalized spacial score (nSPS) is 14.4. The minimum atomic E-state index is -0.727. The molecule has 0 aliphatic rings. The van der Waals surface area contributed by atoms with Gasteiger partial charge < -0.3 is 15.7 Å². The third-order valence-electron chi connectivity index (χ3n) is 2.29. The van der Waals surface area contributed by atoms with E-state index in [-0.39, 0.29) is 0 Å². The summed E-state index contributed by atoms with van der Waals surface area (Å²) in [5, 5.41) is 15.0. The van der Waals surface area contributed by atoms with E-state index in [9.17, 15) is 14.7 Å². The summed E-state index contributed by atoms with van der Waals surface area (Å²) in [6.07, 6.45) is 9.90. The fraction of sp³-hybridized carbons (Fsp3) is 0.429. The van der Waals surface area contributed by atoms with Gasteiger partial charge in [-0.2, -0.15) is 0 Å². The molecule has 6 heteroatoms. The van der Waals surface area contributed by atoms with E-state index in [1.807, 2.05) is 5.92 Å². The van der Waals surface area contributed by atoms with Crippen molar-refractivity contribution >= 4 is 23.4 Å². The molecular weight excluding hydrogens is 280 g/mol. The Labute approximate surface area is 124 Å². The Morgan fingerprint density at radius 3 is 2.65 bits per heavy atom. The van der Waals surface area contributed by atoms with Crippen LogP contribution in [0.1, 0.15) is 26.7 Å². The number of carbonyl (C=O) groups excluding carboxylic acids is 2. The minimum Gasteiger partial charge on any atom is -0.392 e. The van der Waals surface area contributed by atoms with Crippen molar-refractivity contribution in [3.8, 4) is 12.3 Å². The van der Waals surface area contributed by atoms with Crippen LogP contribution in [0.25, 0.3) is 0 Å². The zero-order valence-corrected chi connectivity index (χ0v) is 12.3. The van der Waals surface area contributed by atoms with Gasteiger partial charge in [-0.1, -0.05) is 23.8 Å². The van der Waals surface area contributed by atoms with E-state index >= 15 is 0 Å². The highest BCUT2D eigenvalue weighted by molar-refractivity contribution is 6.29. The van der Waals surface area contributed by atoms with E-state index in [0.29, 0.717) is 17.9 Å². The van der Waals surface area contributed by atoms with Gasteiger partial charge in [0.25, 0.3) is 5.91 Å². The lowest BCUT2D eigenvalue weighted by molar-refractivity contribution is -0.125. The van der Waals surface area contributed by atoms with E-state index in [0.717, 1.165) is 0 Å². The van der Waals surface area contributed by atoms with Gasteiger partial charge in [-0.3, -0.25) is 9.59 Å². The first-order valence-electron chi connectivity index (χ1n) is 6.09. The topological polar surface area (TPSA) is 78.4 Å². The highest BCUT2D eigenvalue weighted by Crippen LogP contribution is 2.05. The molecule has 0 aliphatic carbocycles. The van der Waals surface area contributed by atoms with Crippen molar-refractivity contribution in [1.82, 2.24) is 10.6 Å². The molecule has 0 aromatic heterocycles. The first kappa shape index (κ1) is 18.2. The van der Waals surface area contributed by atoms with Gasteiger partial charge in [-0.05, 0) is 38.8 Å². The average Bonchev–Trinajstić information content (AvgIpc) is 2.40. The first-order valence-corrected chi connectivity index (χ1v) is 6.47. The molecule has 110 valence electrons. The average molecular weight is 299 g/mol. The van der Waals surface area contributed by atoms with E-state index in [4.69, 9.17) is 18.0 Å². The number of rotatable bonds is 7. The number of carbonyl (C=O) groups is 2. The Balaban J connectivity index is 4.00. The minimum absolute atomic E-state index is 0.381. The van der Waals surface area contributed by atoms with Crippen molar-refractivity contribution in [2.75, 3.05) is 0 Å². The zero-order chi connectivity index (χ0) is 15.5. The van der Waals surface area contributed by atoms with Crippen LogP contribution in [0.2, 0.25) is 0 Å². The molecule has 0 bridgehead atoms. The quantitative estimate of drug-likeness (QED) is 0.615. The van der Waals surface area contributed by atoms with Crippen LogP contribution in [0.5, 0.6) is 0 Å². The lowest BCUT2D eigenvalue weighted by atomic mass is 10.2. The van der Waals surface area contributed by atoms with Crippen LogP contribution < -0.4 is 10.6 Å². The van der Waals surface area contributed by atoms with Crippen LogP contribution in [-0.4, -0.2) is 29.1 Å². The highest BCUT2D eigenvalue weighted by atomic mass is 35.5. The number of nitrogens with one attached hydrogen (secondary N) is 2. The van der Waals surface area contributed by atoms with Crippen molar-refractivity contribution in [3.05, 3.63) is 23.4 Å². The first-order chi connectivity index (χ1) is 9.36. The number of amides is 2. The molecule has 0 aliphatic heterocycles. The largest absolute Gasteiger partial charge is 0.392 e. The fourth-order valence-electron chi connectivity index (χ4n) is 1.19. The van der Waals surface area contributed by atoms with Crippen molar-refractivity contribution in [3.63, 3.8) is 0 Å². The Hall–Kier alpha value is -1.77. The molecule has 0 rings (SSSR count). The molecule has 2 atom stereocenters. The molecule has 5 nitrogen and oxygen atoms in total. The number of hydrogen-bond donors (Lipinski definition) is 3. The summed E-state index contributed by atoms with van der Waals surface area (Å²) in [4.78, 5) is 22.4. The summed E-state index contributed by atoms with van der Waals surface area (Å²) in [6.45, 7) is 3.25.